The van der Waals surface area contributed by atoms with Gasteiger partial charge in [-0.15, -0.1) is 0 Å². The van der Waals surface area contributed by atoms with Crippen molar-refractivity contribution < 1.29 is 4.39 Å². The fourth-order valence-electron chi connectivity index (χ4n) is 0.807. The summed E-state index contributed by atoms with van der Waals surface area (Å²) in [5.41, 5.74) is 0. The van der Waals surface area contributed by atoms with Crippen LogP contribution in [-0.4, -0.2) is 4.37 Å². The van der Waals surface area contributed by atoms with E-state index in [9.17, 15) is 4.39 Å². The Morgan fingerprint density at radius 2 is 2.40 bits per heavy atom. The third kappa shape index (κ3) is 0.708. The van der Waals surface area contributed by atoms with Gasteiger partial charge in [0.15, 0.2) is 0 Å². The molecule has 1 radical (unpaired) electrons. The summed E-state index contributed by atoms with van der Waals surface area (Å²) < 4.78 is 17.3. The molecule has 0 aliphatic heterocycles. The minimum Gasteiger partial charge on any atom is -0.206 e. The highest BCUT2D eigenvalue weighted by Crippen LogP contribution is 2.19. The first-order valence-corrected chi connectivity index (χ1v) is 3.57. The minimum atomic E-state index is -0.244. The number of halogens is 1. The maximum atomic E-state index is 12.8. The molecule has 0 N–H and O–H groups in total. The summed E-state index contributed by atoms with van der Waals surface area (Å²) in [6.07, 6.45) is 2.58. The molecule has 2 aromatic rings. The van der Waals surface area contributed by atoms with Gasteiger partial charge in [-0.25, -0.2) is 4.39 Å². The molecule has 49 valence electrons. The number of nitrogens with zero attached hydrogens (tertiary/aromatic N) is 1. The summed E-state index contributed by atoms with van der Waals surface area (Å²) in [5.74, 6) is -0.244. The maximum Gasteiger partial charge on any atom is 0.134 e. The van der Waals surface area contributed by atoms with Crippen LogP contribution in [0.4, 0.5) is 4.39 Å². The molecule has 0 amide bonds. The summed E-state index contributed by atoms with van der Waals surface area (Å²) in [4.78, 5) is 0. The Morgan fingerprint density at radius 1 is 1.50 bits per heavy atom. The van der Waals surface area contributed by atoms with Gasteiger partial charge in [-0.1, -0.05) is 6.07 Å². The summed E-state index contributed by atoms with van der Waals surface area (Å²) in [6.45, 7) is 0. The smallest absolute Gasteiger partial charge is 0.134 e. The molecule has 10 heavy (non-hydrogen) atoms. The molecule has 0 saturated heterocycles. The van der Waals surface area contributed by atoms with Crippen LogP contribution in [0.3, 0.4) is 0 Å². The highest BCUT2D eigenvalue weighted by atomic mass is 32.1. The van der Waals surface area contributed by atoms with E-state index in [2.05, 4.69) is 10.6 Å². The zero-order valence-electron chi connectivity index (χ0n) is 4.97. The van der Waals surface area contributed by atoms with E-state index in [1.54, 1.807) is 6.07 Å². The molecule has 3 heteroatoms. The monoisotopic (exact) mass is 152 g/mol. The molecule has 0 spiro atoms. The van der Waals surface area contributed by atoms with E-state index in [0.29, 0.717) is 5.39 Å². The third-order valence-electron chi connectivity index (χ3n) is 1.28. The van der Waals surface area contributed by atoms with Crippen LogP contribution in [0.1, 0.15) is 0 Å². The van der Waals surface area contributed by atoms with Gasteiger partial charge in [0, 0.05) is 0 Å². The molecule has 1 heterocycles. The van der Waals surface area contributed by atoms with E-state index >= 15 is 0 Å². The Labute approximate surface area is 61.3 Å². The normalized spacial score (nSPS) is 10.5. The lowest BCUT2D eigenvalue weighted by atomic mass is 10.3. The van der Waals surface area contributed by atoms with Crippen molar-refractivity contribution in [3.05, 3.63) is 30.2 Å². The van der Waals surface area contributed by atoms with Gasteiger partial charge in [0.1, 0.15) is 12.0 Å². The van der Waals surface area contributed by atoms with Crippen LogP contribution < -0.4 is 0 Å². The molecule has 1 nitrogen and oxygen atoms in total. The summed E-state index contributed by atoms with van der Waals surface area (Å²) in [5, 5.41) is 0.493. The van der Waals surface area contributed by atoms with E-state index in [-0.39, 0.29) is 5.82 Å². The molecule has 0 atom stereocenters. The Bertz CT molecular complexity index is 355. The molecule has 0 saturated carbocycles. The maximum absolute atomic E-state index is 12.8. The predicted octanol–water partition coefficient (Wildman–Crippen LogP) is 2.24. The zero-order valence-corrected chi connectivity index (χ0v) is 5.78. The number of benzene rings is 1. The number of hydrogen-bond acceptors (Lipinski definition) is 2. The summed E-state index contributed by atoms with van der Waals surface area (Å²) in [7, 11) is 0. The van der Waals surface area contributed by atoms with Crippen molar-refractivity contribution in [2.75, 3.05) is 0 Å². The van der Waals surface area contributed by atoms with Crippen LogP contribution in [0.2, 0.25) is 0 Å². The predicted molar refractivity (Wildman–Crippen MR) is 38.4 cm³/mol. The largest absolute Gasteiger partial charge is 0.206 e. The average molecular weight is 152 g/mol. The van der Waals surface area contributed by atoms with Gasteiger partial charge in [-0.2, -0.15) is 4.37 Å². The van der Waals surface area contributed by atoms with Gasteiger partial charge in [0.25, 0.3) is 0 Å². The topological polar surface area (TPSA) is 12.9 Å². The first-order valence-electron chi connectivity index (χ1n) is 2.79. The second kappa shape index (κ2) is 2.02. The molecule has 0 unspecified atom stereocenters. The Morgan fingerprint density at radius 3 is 3.20 bits per heavy atom. The summed E-state index contributed by atoms with van der Waals surface area (Å²) >= 11 is 1.26. The molecule has 0 fully saturated rings. The van der Waals surface area contributed by atoms with Crippen molar-refractivity contribution in [2.45, 2.75) is 0 Å². The van der Waals surface area contributed by atoms with E-state index in [4.69, 9.17) is 0 Å². The standard InChI is InChI=1S/C7H3FNS/c8-6-2-1-3-7-5(6)4-9-10-7/h1-3H. The third-order valence-corrected chi connectivity index (χ3v) is 2.00. The summed E-state index contributed by atoms with van der Waals surface area (Å²) in [6, 6.07) is 4.91. The molecule has 0 bridgehead atoms. The Kier molecular flexibility index (Phi) is 1.17. The van der Waals surface area contributed by atoms with Gasteiger partial charge >= 0.3 is 0 Å². The van der Waals surface area contributed by atoms with Crippen LogP contribution in [-0.2, 0) is 0 Å². The second-order valence-electron chi connectivity index (χ2n) is 1.91. The van der Waals surface area contributed by atoms with Crippen molar-refractivity contribution in [3.8, 4) is 0 Å². The van der Waals surface area contributed by atoms with Crippen molar-refractivity contribution >= 4 is 21.6 Å². The molecule has 1 aromatic carbocycles. The van der Waals surface area contributed by atoms with Crippen molar-refractivity contribution in [3.63, 3.8) is 0 Å². The SMILES string of the molecule is Fc1cccc2sn[c]c12. The lowest BCUT2D eigenvalue weighted by Gasteiger charge is -1.86. The number of aromatic nitrogens is 1. The zero-order chi connectivity index (χ0) is 6.97. The lowest BCUT2D eigenvalue weighted by molar-refractivity contribution is 0.640. The van der Waals surface area contributed by atoms with E-state index in [1.165, 1.54) is 17.6 Å². The van der Waals surface area contributed by atoms with Gasteiger partial charge in [-0.3, -0.25) is 0 Å². The Balaban J connectivity index is 2.95. The lowest BCUT2D eigenvalue weighted by Crippen LogP contribution is -1.70. The average Bonchev–Trinajstić information content (AvgIpc) is 2.36. The highest BCUT2D eigenvalue weighted by Gasteiger charge is 2.00. The first kappa shape index (κ1) is 5.80. The van der Waals surface area contributed by atoms with E-state index < -0.39 is 0 Å². The number of rotatable bonds is 0. The van der Waals surface area contributed by atoms with Gasteiger partial charge < -0.3 is 0 Å². The molecule has 0 aliphatic carbocycles. The number of fused-ring (bicyclic) bond motifs is 1. The van der Waals surface area contributed by atoms with E-state index in [0.717, 1.165) is 4.70 Å². The van der Waals surface area contributed by atoms with Crippen LogP contribution >= 0.6 is 11.5 Å². The highest BCUT2D eigenvalue weighted by molar-refractivity contribution is 7.13. The minimum absolute atomic E-state index is 0.244. The van der Waals surface area contributed by atoms with Crippen LogP contribution in [0.5, 0.6) is 0 Å². The molecular weight excluding hydrogens is 149 g/mol. The molecule has 0 aliphatic rings. The van der Waals surface area contributed by atoms with Crippen molar-refractivity contribution in [1.82, 2.24) is 4.37 Å². The van der Waals surface area contributed by atoms with Crippen LogP contribution in [0.15, 0.2) is 18.2 Å². The Hall–Kier alpha value is -0.960. The molecule has 1 aromatic heterocycles. The van der Waals surface area contributed by atoms with Gasteiger partial charge in [-0.05, 0) is 23.7 Å². The van der Waals surface area contributed by atoms with Crippen LogP contribution in [0.25, 0.3) is 10.1 Å². The van der Waals surface area contributed by atoms with E-state index in [1.807, 2.05) is 6.07 Å². The molecule has 2 rings (SSSR count). The van der Waals surface area contributed by atoms with Crippen LogP contribution in [0, 0.1) is 12.0 Å². The quantitative estimate of drug-likeness (QED) is 0.564. The second-order valence-corrected chi connectivity index (χ2v) is 2.71. The fourth-order valence-corrected chi connectivity index (χ4v) is 1.42. The van der Waals surface area contributed by atoms with Crippen molar-refractivity contribution in [1.29, 1.82) is 0 Å². The first-order chi connectivity index (χ1) is 4.88. The number of hydrogen-bond donors (Lipinski definition) is 0. The molecular formula is C7H3FNS. The van der Waals surface area contributed by atoms with Gasteiger partial charge in [0.2, 0.25) is 0 Å². The van der Waals surface area contributed by atoms with Gasteiger partial charge in [0.05, 0.1) is 10.1 Å². The fraction of sp³-hybridized carbons (Fsp3) is 0. The van der Waals surface area contributed by atoms with Crippen molar-refractivity contribution in [2.24, 2.45) is 0 Å².